The highest BCUT2D eigenvalue weighted by Crippen LogP contribution is 2.17. The molecule has 0 aromatic heterocycles. The zero-order valence-corrected chi connectivity index (χ0v) is 9.90. The van der Waals surface area contributed by atoms with Gasteiger partial charge in [-0.05, 0) is 12.5 Å². The van der Waals surface area contributed by atoms with Crippen molar-refractivity contribution in [1.29, 1.82) is 0 Å². The fraction of sp³-hybridized carbons (Fsp3) is 0.583. The molecule has 3 nitrogen and oxygen atoms in total. The van der Waals surface area contributed by atoms with Crippen LogP contribution in [0.15, 0.2) is 28.9 Å². The van der Waals surface area contributed by atoms with Crippen molar-refractivity contribution in [3.05, 3.63) is 23.9 Å². The summed E-state index contributed by atoms with van der Waals surface area (Å²) in [7, 11) is 0. The third kappa shape index (κ3) is 2.69. The van der Waals surface area contributed by atoms with Crippen molar-refractivity contribution >= 4 is 5.84 Å². The van der Waals surface area contributed by atoms with Crippen LogP contribution in [0.1, 0.15) is 27.2 Å². The third-order valence-electron chi connectivity index (χ3n) is 2.47. The van der Waals surface area contributed by atoms with Crippen molar-refractivity contribution in [3.8, 4) is 0 Å². The maximum absolute atomic E-state index is 5.67. The van der Waals surface area contributed by atoms with E-state index < -0.39 is 0 Å². The van der Waals surface area contributed by atoms with Crippen LogP contribution in [0.25, 0.3) is 0 Å². The van der Waals surface area contributed by atoms with Crippen LogP contribution in [0, 0.1) is 0 Å². The lowest BCUT2D eigenvalue weighted by molar-refractivity contribution is 0.444. The van der Waals surface area contributed by atoms with Crippen LogP contribution in [0.5, 0.6) is 0 Å². The van der Waals surface area contributed by atoms with Crippen LogP contribution in [-0.2, 0) is 0 Å². The average Bonchev–Trinajstić information content (AvgIpc) is 2.54. The SMILES string of the molecule is CC.CC1=CN2C(=NCC2CN)CC=C1. The minimum atomic E-state index is 0.379. The van der Waals surface area contributed by atoms with Crippen LogP contribution in [-0.4, -0.2) is 29.9 Å². The molecule has 0 fully saturated rings. The predicted octanol–water partition coefficient (Wildman–Crippen LogP) is 1.92. The summed E-state index contributed by atoms with van der Waals surface area (Å²) < 4.78 is 0. The van der Waals surface area contributed by atoms with E-state index >= 15 is 0 Å². The normalized spacial score (nSPS) is 23.5. The topological polar surface area (TPSA) is 41.6 Å². The maximum Gasteiger partial charge on any atom is 0.107 e. The van der Waals surface area contributed by atoms with E-state index in [0.717, 1.165) is 18.8 Å². The molecule has 0 aromatic carbocycles. The summed E-state index contributed by atoms with van der Waals surface area (Å²) in [4.78, 5) is 6.69. The first-order valence-corrected chi connectivity index (χ1v) is 5.68. The van der Waals surface area contributed by atoms with Gasteiger partial charge in [-0.15, -0.1) is 0 Å². The second-order valence-electron chi connectivity index (χ2n) is 3.53. The van der Waals surface area contributed by atoms with Gasteiger partial charge in [-0.25, -0.2) is 0 Å². The summed E-state index contributed by atoms with van der Waals surface area (Å²) in [6, 6.07) is 0.379. The molecule has 0 aromatic rings. The highest BCUT2D eigenvalue weighted by molar-refractivity contribution is 5.87. The second kappa shape index (κ2) is 5.71. The Kier molecular flexibility index (Phi) is 4.56. The Bertz CT molecular complexity index is 289. The fourth-order valence-corrected chi connectivity index (χ4v) is 1.74. The van der Waals surface area contributed by atoms with Crippen molar-refractivity contribution in [3.63, 3.8) is 0 Å². The number of nitrogens with two attached hydrogens (primary N) is 1. The van der Waals surface area contributed by atoms with E-state index in [1.165, 1.54) is 5.57 Å². The van der Waals surface area contributed by atoms with Crippen molar-refractivity contribution in [2.24, 2.45) is 10.7 Å². The number of nitrogens with zero attached hydrogens (tertiary/aromatic N) is 2. The monoisotopic (exact) mass is 207 g/mol. The summed E-state index contributed by atoms with van der Waals surface area (Å²) in [5.41, 5.74) is 6.94. The van der Waals surface area contributed by atoms with Crippen molar-refractivity contribution in [1.82, 2.24) is 4.90 Å². The summed E-state index contributed by atoms with van der Waals surface area (Å²) >= 11 is 0. The van der Waals surface area contributed by atoms with E-state index in [-0.39, 0.29) is 0 Å². The molecule has 2 heterocycles. The quantitative estimate of drug-likeness (QED) is 0.713. The van der Waals surface area contributed by atoms with Gasteiger partial charge in [-0.3, -0.25) is 4.99 Å². The first-order chi connectivity index (χ1) is 7.31. The number of amidine groups is 1. The second-order valence-corrected chi connectivity index (χ2v) is 3.53. The first kappa shape index (κ1) is 12.0. The van der Waals surface area contributed by atoms with E-state index in [4.69, 9.17) is 5.73 Å². The van der Waals surface area contributed by atoms with E-state index in [0.29, 0.717) is 12.6 Å². The molecule has 0 spiro atoms. The zero-order valence-electron chi connectivity index (χ0n) is 9.90. The largest absolute Gasteiger partial charge is 0.330 e. The van der Waals surface area contributed by atoms with Crippen LogP contribution in [0.4, 0.5) is 0 Å². The smallest absolute Gasteiger partial charge is 0.107 e. The number of fused-ring (bicyclic) bond motifs is 1. The molecule has 0 radical (unpaired) electrons. The Morgan fingerprint density at radius 1 is 1.53 bits per heavy atom. The van der Waals surface area contributed by atoms with Gasteiger partial charge in [-0.1, -0.05) is 26.0 Å². The number of rotatable bonds is 1. The van der Waals surface area contributed by atoms with Gasteiger partial charge in [0, 0.05) is 19.2 Å². The summed E-state index contributed by atoms with van der Waals surface area (Å²) in [5, 5.41) is 0. The lowest BCUT2D eigenvalue weighted by Gasteiger charge is -2.22. The molecular weight excluding hydrogens is 186 g/mol. The van der Waals surface area contributed by atoms with Gasteiger partial charge < -0.3 is 10.6 Å². The van der Waals surface area contributed by atoms with E-state index in [2.05, 4.69) is 35.2 Å². The third-order valence-corrected chi connectivity index (χ3v) is 2.47. The van der Waals surface area contributed by atoms with Gasteiger partial charge in [0.25, 0.3) is 0 Å². The van der Waals surface area contributed by atoms with Crippen molar-refractivity contribution in [2.45, 2.75) is 33.2 Å². The Morgan fingerprint density at radius 2 is 2.27 bits per heavy atom. The van der Waals surface area contributed by atoms with Gasteiger partial charge in [0.1, 0.15) is 5.84 Å². The molecule has 1 unspecified atom stereocenters. The van der Waals surface area contributed by atoms with Crippen molar-refractivity contribution in [2.75, 3.05) is 13.1 Å². The van der Waals surface area contributed by atoms with Crippen LogP contribution < -0.4 is 5.73 Å². The standard InChI is InChI=1S/C10H15N3.C2H6/c1-8-3-2-4-10-12-6-9(5-11)13(10)7-8;1-2/h2-3,7,9H,4-6,11H2,1H3;1-2H3. The lowest BCUT2D eigenvalue weighted by Crippen LogP contribution is -2.37. The molecule has 84 valence electrons. The molecule has 2 aliphatic heterocycles. The molecule has 2 aliphatic rings. The van der Waals surface area contributed by atoms with Gasteiger partial charge in [0.15, 0.2) is 0 Å². The highest BCUT2D eigenvalue weighted by Gasteiger charge is 2.24. The summed E-state index contributed by atoms with van der Waals surface area (Å²) in [5.74, 6) is 1.16. The molecule has 3 heteroatoms. The van der Waals surface area contributed by atoms with Crippen LogP contribution in [0.3, 0.4) is 0 Å². The molecule has 2 N–H and O–H groups in total. The molecule has 0 saturated heterocycles. The summed E-state index contributed by atoms with van der Waals surface area (Å²) in [6.07, 6.45) is 7.37. The molecule has 0 amide bonds. The molecule has 15 heavy (non-hydrogen) atoms. The predicted molar refractivity (Wildman–Crippen MR) is 65.8 cm³/mol. The van der Waals surface area contributed by atoms with E-state index in [1.54, 1.807) is 0 Å². The van der Waals surface area contributed by atoms with Gasteiger partial charge in [-0.2, -0.15) is 0 Å². The Hall–Kier alpha value is -1.09. The molecule has 2 rings (SSSR count). The van der Waals surface area contributed by atoms with Crippen molar-refractivity contribution < 1.29 is 0 Å². The molecule has 1 atom stereocenters. The Morgan fingerprint density at radius 3 is 2.93 bits per heavy atom. The molecular formula is C12H21N3. The molecule has 0 bridgehead atoms. The van der Waals surface area contributed by atoms with Gasteiger partial charge >= 0.3 is 0 Å². The lowest BCUT2D eigenvalue weighted by atomic mass is 10.2. The highest BCUT2D eigenvalue weighted by atomic mass is 15.3. The molecule has 0 aliphatic carbocycles. The Labute approximate surface area is 92.4 Å². The van der Waals surface area contributed by atoms with Crippen LogP contribution >= 0.6 is 0 Å². The molecule has 0 saturated carbocycles. The number of allylic oxidation sites excluding steroid dienone is 2. The van der Waals surface area contributed by atoms with Crippen LogP contribution in [0.2, 0.25) is 0 Å². The summed E-state index contributed by atoms with van der Waals surface area (Å²) in [6.45, 7) is 7.63. The number of hydrogen-bond acceptors (Lipinski definition) is 3. The Balaban J connectivity index is 0.000000531. The average molecular weight is 207 g/mol. The number of aliphatic imine (C=N–C) groups is 1. The van der Waals surface area contributed by atoms with Gasteiger partial charge in [0.05, 0.1) is 12.6 Å². The number of hydrogen-bond donors (Lipinski definition) is 1. The maximum atomic E-state index is 5.67. The van der Waals surface area contributed by atoms with Gasteiger partial charge in [0.2, 0.25) is 0 Å². The zero-order chi connectivity index (χ0) is 11.3. The minimum Gasteiger partial charge on any atom is -0.330 e. The minimum absolute atomic E-state index is 0.379. The fourth-order valence-electron chi connectivity index (χ4n) is 1.74. The first-order valence-electron chi connectivity index (χ1n) is 5.68. The van der Waals surface area contributed by atoms with E-state index in [1.807, 2.05) is 13.8 Å². The van der Waals surface area contributed by atoms with E-state index in [9.17, 15) is 0 Å².